The predicted molar refractivity (Wildman–Crippen MR) is 91.1 cm³/mol. The molecule has 0 saturated heterocycles. The number of hydrogen-bond acceptors (Lipinski definition) is 4. The first-order valence-electron chi connectivity index (χ1n) is 7.47. The number of fused-ring (bicyclic) bond motifs is 1. The van der Waals surface area contributed by atoms with Crippen molar-refractivity contribution >= 4 is 16.9 Å². The third kappa shape index (κ3) is 2.86. The Hall–Kier alpha value is -3.15. The third-order valence-corrected chi connectivity index (χ3v) is 3.83. The molecule has 0 unspecified atom stereocenters. The molecule has 122 valence electrons. The van der Waals surface area contributed by atoms with E-state index in [0.29, 0.717) is 16.8 Å². The minimum Gasteiger partial charge on any atom is -0.496 e. The molecule has 1 N–H and O–H groups in total. The first-order chi connectivity index (χ1) is 11.6. The Morgan fingerprint density at radius 3 is 2.67 bits per heavy atom. The minimum atomic E-state index is -0.507. The molecule has 0 fully saturated rings. The maximum Gasteiger partial charge on any atom is 0.282 e. The van der Waals surface area contributed by atoms with Gasteiger partial charge in [-0.25, -0.2) is 4.98 Å². The Morgan fingerprint density at radius 1 is 1.17 bits per heavy atom. The second-order valence-corrected chi connectivity index (χ2v) is 5.31. The fourth-order valence-electron chi connectivity index (χ4n) is 2.53. The molecular formula is C18H17N3O3. The van der Waals surface area contributed by atoms with Crippen molar-refractivity contribution < 1.29 is 9.53 Å². The van der Waals surface area contributed by atoms with Gasteiger partial charge in [-0.15, -0.1) is 0 Å². The highest BCUT2D eigenvalue weighted by Gasteiger charge is 2.16. The molecule has 0 aliphatic carbocycles. The van der Waals surface area contributed by atoms with Crippen LogP contribution in [-0.4, -0.2) is 22.6 Å². The van der Waals surface area contributed by atoms with E-state index in [-0.39, 0.29) is 12.2 Å². The third-order valence-electron chi connectivity index (χ3n) is 3.83. The van der Waals surface area contributed by atoms with Crippen molar-refractivity contribution in [3.05, 3.63) is 70.1 Å². The Bertz CT molecular complexity index is 963. The van der Waals surface area contributed by atoms with Gasteiger partial charge >= 0.3 is 0 Å². The molecule has 0 aliphatic rings. The number of rotatable bonds is 4. The Balaban J connectivity index is 1.89. The fourth-order valence-corrected chi connectivity index (χ4v) is 2.53. The lowest BCUT2D eigenvalue weighted by Gasteiger charge is -2.10. The van der Waals surface area contributed by atoms with E-state index in [1.165, 1.54) is 4.57 Å². The summed E-state index contributed by atoms with van der Waals surface area (Å²) >= 11 is 0. The van der Waals surface area contributed by atoms with Crippen molar-refractivity contribution in [1.82, 2.24) is 14.9 Å². The molecule has 1 amide bonds. The number of nitrogens with one attached hydrogen (secondary N) is 1. The summed E-state index contributed by atoms with van der Waals surface area (Å²) in [6.07, 6.45) is 0. The van der Waals surface area contributed by atoms with Crippen molar-refractivity contribution in [3.8, 4) is 5.75 Å². The average molecular weight is 323 g/mol. The summed E-state index contributed by atoms with van der Waals surface area (Å²) in [4.78, 5) is 29.0. The van der Waals surface area contributed by atoms with Crippen molar-refractivity contribution in [3.63, 3.8) is 0 Å². The number of benzene rings is 2. The van der Waals surface area contributed by atoms with Gasteiger partial charge in [0.15, 0.2) is 5.69 Å². The summed E-state index contributed by atoms with van der Waals surface area (Å²) in [7, 11) is 3.20. The van der Waals surface area contributed by atoms with Gasteiger partial charge in [-0.05, 0) is 18.2 Å². The monoisotopic (exact) mass is 323 g/mol. The van der Waals surface area contributed by atoms with Crippen molar-refractivity contribution in [2.75, 3.05) is 7.11 Å². The number of para-hydroxylation sites is 3. The molecule has 6 nitrogen and oxygen atoms in total. The zero-order chi connectivity index (χ0) is 17.1. The van der Waals surface area contributed by atoms with Crippen LogP contribution in [0.5, 0.6) is 5.75 Å². The van der Waals surface area contributed by atoms with Crippen LogP contribution in [0.1, 0.15) is 16.1 Å². The number of aromatic nitrogens is 2. The van der Waals surface area contributed by atoms with E-state index >= 15 is 0 Å². The second kappa shape index (κ2) is 6.54. The average Bonchev–Trinajstić information content (AvgIpc) is 2.63. The number of carbonyl (C=O) groups is 1. The van der Waals surface area contributed by atoms with Gasteiger partial charge in [0.2, 0.25) is 0 Å². The molecular weight excluding hydrogens is 306 g/mol. The van der Waals surface area contributed by atoms with E-state index < -0.39 is 11.5 Å². The zero-order valence-corrected chi connectivity index (χ0v) is 13.4. The van der Waals surface area contributed by atoms with Crippen LogP contribution in [0.25, 0.3) is 11.0 Å². The van der Waals surface area contributed by atoms with Gasteiger partial charge in [0.05, 0.1) is 18.1 Å². The van der Waals surface area contributed by atoms with Crippen LogP contribution in [-0.2, 0) is 13.6 Å². The van der Waals surface area contributed by atoms with Gasteiger partial charge in [-0.3, -0.25) is 9.59 Å². The summed E-state index contributed by atoms with van der Waals surface area (Å²) in [5, 5.41) is 2.73. The SMILES string of the molecule is COc1ccccc1CNC(=O)c1nc2ccccc2n(C)c1=O. The number of ether oxygens (including phenoxy) is 1. The molecule has 0 atom stereocenters. The zero-order valence-electron chi connectivity index (χ0n) is 13.4. The number of nitrogens with zero attached hydrogens (tertiary/aromatic N) is 2. The number of hydrogen-bond donors (Lipinski definition) is 1. The largest absolute Gasteiger partial charge is 0.496 e. The molecule has 0 spiro atoms. The number of methoxy groups -OCH3 is 1. The van der Waals surface area contributed by atoms with E-state index in [4.69, 9.17) is 4.74 Å². The molecule has 24 heavy (non-hydrogen) atoms. The Labute approximate surface area is 138 Å². The molecule has 3 aromatic rings. The van der Waals surface area contributed by atoms with Gasteiger partial charge in [0.1, 0.15) is 5.75 Å². The lowest BCUT2D eigenvalue weighted by atomic mass is 10.2. The van der Waals surface area contributed by atoms with Crippen molar-refractivity contribution in [2.24, 2.45) is 7.05 Å². The molecule has 6 heteroatoms. The number of aryl methyl sites for hydroxylation is 1. The smallest absolute Gasteiger partial charge is 0.282 e. The van der Waals surface area contributed by atoms with Crippen LogP contribution in [0.2, 0.25) is 0 Å². The summed E-state index contributed by atoms with van der Waals surface area (Å²) in [5.74, 6) is 0.171. The van der Waals surface area contributed by atoms with Gasteiger partial charge < -0.3 is 14.6 Å². The van der Waals surface area contributed by atoms with Crippen LogP contribution in [0, 0.1) is 0 Å². The van der Waals surface area contributed by atoms with E-state index in [0.717, 1.165) is 5.56 Å². The van der Waals surface area contributed by atoms with Crippen molar-refractivity contribution in [1.29, 1.82) is 0 Å². The van der Waals surface area contributed by atoms with E-state index in [2.05, 4.69) is 10.3 Å². The molecule has 0 aliphatic heterocycles. The summed E-state index contributed by atoms with van der Waals surface area (Å²) in [6.45, 7) is 0.251. The van der Waals surface area contributed by atoms with E-state index in [1.807, 2.05) is 36.4 Å². The summed E-state index contributed by atoms with van der Waals surface area (Å²) in [5.41, 5.74) is 1.56. The lowest BCUT2D eigenvalue weighted by molar-refractivity contribution is 0.0944. The molecule has 0 saturated carbocycles. The van der Waals surface area contributed by atoms with Crippen LogP contribution >= 0.6 is 0 Å². The van der Waals surface area contributed by atoms with E-state index in [1.54, 1.807) is 26.3 Å². The van der Waals surface area contributed by atoms with Gasteiger partial charge in [0.25, 0.3) is 11.5 Å². The predicted octanol–water partition coefficient (Wildman–Crippen LogP) is 1.87. The summed E-state index contributed by atoms with van der Waals surface area (Å²) in [6, 6.07) is 14.6. The second-order valence-electron chi connectivity index (χ2n) is 5.31. The van der Waals surface area contributed by atoms with Crippen LogP contribution < -0.4 is 15.6 Å². The number of amides is 1. The minimum absolute atomic E-state index is 0.119. The topological polar surface area (TPSA) is 73.2 Å². The molecule has 1 heterocycles. The maximum absolute atomic E-state index is 12.4. The highest BCUT2D eigenvalue weighted by Crippen LogP contribution is 2.16. The first kappa shape index (κ1) is 15.7. The maximum atomic E-state index is 12.4. The van der Waals surface area contributed by atoms with Crippen LogP contribution in [0.15, 0.2) is 53.3 Å². The number of carbonyl (C=O) groups excluding carboxylic acids is 1. The molecule has 0 bridgehead atoms. The highest BCUT2D eigenvalue weighted by molar-refractivity contribution is 5.93. The van der Waals surface area contributed by atoms with Crippen molar-refractivity contribution in [2.45, 2.75) is 6.54 Å². The first-order valence-corrected chi connectivity index (χ1v) is 7.47. The molecule has 0 radical (unpaired) electrons. The van der Waals surface area contributed by atoms with Crippen LogP contribution in [0.4, 0.5) is 0 Å². The normalized spacial score (nSPS) is 10.6. The van der Waals surface area contributed by atoms with Gasteiger partial charge in [0, 0.05) is 19.2 Å². The molecule has 2 aromatic carbocycles. The Kier molecular flexibility index (Phi) is 4.29. The van der Waals surface area contributed by atoms with Gasteiger partial charge in [-0.1, -0.05) is 30.3 Å². The Morgan fingerprint density at radius 2 is 1.88 bits per heavy atom. The highest BCUT2D eigenvalue weighted by atomic mass is 16.5. The van der Waals surface area contributed by atoms with E-state index in [9.17, 15) is 9.59 Å². The van der Waals surface area contributed by atoms with Crippen LogP contribution in [0.3, 0.4) is 0 Å². The lowest BCUT2D eigenvalue weighted by Crippen LogP contribution is -2.33. The standard InChI is InChI=1S/C18H17N3O3/c1-21-14-9-5-4-8-13(14)20-16(18(21)23)17(22)19-11-12-7-3-6-10-15(12)24-2/h3-10H,11H2,1-2H3,(H,19,22). The summed E-state index contributed by atoms with van der Waals surface area (Å²) < 4.78 is 6.68. The fraction of sp³-hybridized carbons (Fsp3) is 0.167. The molecule has 3 rings (SSSR count). The molecule has 1 aromatic heterocycles. The van der Waals surface area contributed by atoms with Gasteiger partial charge in [-0.2, -0.15) is 0 Å². The quantitative estimate of drug-likeness (QED) is 0.795.